The quantitative estimate of drug-likeness (QED) is 0.890. The second-order valence-corrected chi connectivity index (χ2v) is 7.46. The molecule has 1 aromatic heterocycles. The van der Waals surface area contributed by atoms with Crippen LogP contribution in [-0.4, -0.2) is 34.3 Å². The molecule has 0 radical (unpaired) electrons. The summed E-state index contributed by atoms with van der Waals surface area (Å²) in [5.74, 6) is 0.817. The van der Waals surface area contributed by atoms with E-state index in [-0.39, 0.29) is 23.8 Å². The number of hydrogen-bond acceptors (Lipinski definition) is 4. The van der Waals surface area contributed by atoms with Gasteiger partial charge in [0.2, 0.25) is 11.8 Å². The lowest BCUT2D eigenvalue weighted by Crippen LogP contribution is -2.46. The largest absolute Gasteiger partial charge is 0.444 e. The predicted molar refractivity (Wildman–Crippen MR) is 102 cm³/mol. The van der Waals surface area contributed by atoms with Crippen LogP contribution in [-0.2, 0) is 9.59 Å². The highest BCUT2D eigenvalue weighted by atomic mass is 16.3. The number of aromatic nitrogens is 1. The SMILES string of the molecule is O=C(Nc1cccc(-c2cnco2)c1)[C@H]1CCCN1C(=O)C1CCCCC1. The summed E-state index contributed by atoms with van der Waals surface area (Å²) in [6, 6.07) is 7.12. The standard InChI is InChI=1S/C21H25N3O3/c25-20(23-17-9-4-8-16(12-17)19-13-22-14-27-19)18-10-5-11-24(18)21(26)15-6-2-1-3-7-15/h4,8-9,12-15,18H,1-3,5-7,10-11H2,(H,23,25)/t18-/m1/s1. The molecule has 2 aromatic rings. The smallest absolute Gasteiger partial charge is 0.247 e. The van der Waals surface area contributed by atoms with E-state index in [1.54, 1.807) is 6.20 Å². The van der Waals surface area contributed by atoms with Crippen molar-refractivity contribution in [3.63, 3.8) is 0 Å². The normalized spacial score (nSPS) is 20.6. The Kier molecular flexibility index (Phi) is 5.23. The van der Waals surface area contributed by atoms with Crippen molar-refractivity contribution < 1.29 is 14.0 Å². The Labute approximate surface area is 159 Å². The molecular weight excluding hydrogens is 342 g/mol. The number of likely N-dealkylation sites (tertiary alicyclic amines) is 1. The highest BCUT2D eigenvalue weighted by Crippen LogP contribution is 2.29. The Morgan fingerprint density at radius 3 is 2.74 bits per heavy atom. The Hall–Kier alpha value is -2.63. The molecule has 0 unspecified atom stereocenters. The number of amides is 2. The molecule has 1 saturated heterocycles. The maximum absolute atomic E-state index is 12.9. The Balaban J connectivity index is 1.44. The molecule has 1 atom stereocenters. The van der Waals surface area contributed by atoms with Gasteiger partial charge in [0.25, 0.3) is 0 Å². The fourth-order valence-electron chi connectivity index (χ4n) is 4.22. The Bertz CT molecular complexity index is 797. The molecule has 2 heterocycles. The van der Waals surface area contributed by atoms with Crippen LogP contribution < -0.4 is 5.32 Å². The van der Waals surface area contributed by atoms with Crippen molar-refractivity contribution in [2.45, 2.75) is 51.0 Å². The number of hydrogen-bond donors (Lipinski definition) is 1. The number of anilines is 1. The highest BCUT2D eigenvalue weighted by molar-refractivity contribution is 5.98. The van der Waals surface area contributed by atoms with Gasteiger partial charge in [0.05, 0.1) is 6.20 Å². The first-order valence-corrected chi connectivity index (χ1v) is 9.82. The molecule has 0 spiro atoms. The van der Waals surface area contributed by atoms with Crippen LogP contribution in [0.2, 0.25) is 0 Å². The second kappa shape index (κ2) is 7.94. The summed E-state index contributed by atoms with van der Waals surface area (Å²) in [6.07, 6.45) is 10.0. The molecule has 4 rings (SSSR count). The van der Waals surface area contributed by atoms with Gasteiger partial charge in [-0.2, -0.15) is 0 Å². The van der Waals surface area contributed by atoms with Crippen LogP contribution in [0.15, 0.2) is 41.3 Å². The van der Waals surface area contributed by atoms with E-state index < -0.39 is 0 Å². The third kappa shape index (κ3) is 3.89. The van der Waals surface area contributed by atoms with E-state index in [1.807, 2.05) is 29.2 Å². The van der Waals surface area contributed by atoms with Crippen molar-refractivity contribution in [1.29, 1.82) is 0 Å². The zero-order valence-electron chi connectivity index (χ0n) is 15.4. The van der Waals surface area contributed by atoms with Crippen LogP contribution in [0.5, 0.6) is 0 Å². The minimum Gasteiger partial charge on any atom is -0.444 e. The van der Waals surface area contributed by atoms with Gasteiger partial charge in [-0.3, -0.25) is 9.59 Å². The van der Waals surface area contributed by atoms with Gasteiger partial charge in [-0.25, -0.2) is 4.98 Å². The van der Waals surface area contributed by atoms with Crippen LogP contribution in [0.3, 0.4) is 0 Å². The minimum absolute atomic E-state index is 0.0990. The van der Waals surface area contributed by atoms with Gasteiger partial charge in [-0.1, -0.05) is 31.4 Å². The fraction of sp³-hybridized carbons (Fsp3) is 0.476. The van der Waals surface area contributed by atoms with Gasteiger partial charge in [-0.15, -0.1) is 0 Å². The monoisotopic (exact) mass is 367 g/mol. The van der Waals surface area contributed by atoms with Crippen molar-refractivity contribution in [2.75, 3.05) is 11.9 Å². The molecule has 1 aromatic carbocycles. The number of nitrogens with zero attached hydrogens (tertiary/aromatic N) is 2. The lowest BCUT2D eigenvalue weighted by molar-refractivity contribution is -0.141. The van der Waals surface area contributed by atoms with Crippen LogP contribution in [0, 0.1) is 5.92 Å². The van der Waals surface area contributed by atoms with Crippen molar-refractivity contribution in [3.8, 4) is 11.3 Å². The molecule has 2 aliphatic rings. The van der Waals surface area contributed by atoms with Gasteiger partial charge in [0.15, 0.2) is 12.2 Å². The second-order valence-electron chi connectivity index (χ2n) is 7.46. The summed E-state index contributed by atoms with van der Waals surface area (Å²) in [6.45, 7) is 0.686. The summed E-state index contributed by atoms with van der Waals surface area (Å²) in [4.78, 5) is 31.5. The lowest BCUT2D eigenvalue weighted by atomic mass is 9.88. The number of oxazole rings is 1. The summed E-state index contributed by atoms with van der Waals surface area (Å²) in [5.41, 5.74) is 1.55. The molecular formula is C21H25N3O3. The first kappa shape index (κ1) is 17.8. The molecule has 2 fully saturated rings. The maximum Gasteiger partial charge on any atom is 0.247 e. The van der Waals surface area contributed by atoms with Crippen LogP contribution in [0.4, 0.5) is 5.69 Å². The molecule has 1 aliphatic carbocycles. The van der Waals surface area contributed by atoms with Gasteiger partial charge in [0.1, 0.15) is 6.04 Å². The minimum atomic E-state index is -0.367. The van der Waals surface area contributed by atoms with E-state index in [4.69, 9.17) is 4.42 Å². The van der Waals surface area contributed by atoms with E-state index in [9.17, 15) is 9.59 Å². The van der Waals surface area contributed by atoms with Crippen molar-refractivity contribution in [1.82, 2.24) is 9.88 Å². The van der Waals surface area contributed by atoms with E-state index in [0.29, 0.717) is 18.0 Å². The average Bonchev–Trinajstić information content (AvgIpc) is 3.40. The van der Waals surface area contributed by atoms with Gasteiger partial charge in [-0.05, 0) is 37.8 Å². The maximum atomic E-state index is 12.9. The molecule has 6 nitrogen and oxygen atoms in total. The van der Waals surface area contributed by atoms with Crippen molar-refractivity contribution >= 4 is 17.5 Å². The molecule has 2 amide bonds. The highest BCUT2D eigenvalue weighted by Gasteiger charge is 2.37. The van der Waals surface area contributed by atoms with Crippen LogP contribution in [0.1, 0.15) is 44.9 Å². The molecule has 0 bridgehead atoms. The van der Waals surface area contributed by atoms with E-state index >= 15 is 0 Å². The zero-order valence-corrected chi connectivity index (χ0v) is 15.4. The van der Waals surface area contributed by atoms with E-state index in [2.05, 4.69) is 10.3 Å². The lowest BCUT2D eigenvalue weighted by Gasteiger charge is -2.30. The fourth-order valence-corrected chi connectivity index (χ4v) is 4.22. The molecule has 142 valence electrons. The number of nitrogens with one attached hydrogen (secondary N) is 1. The Morgan fingerprint density at radius 2 is 1.96 bits per heavy atom. The number of carbonyl (C=O) groups is 2. The first-order valence-electron chi connectivity index (χ1n) is 9.82. The molecule has 1 aliphatic heterocycles. The Morgan fingerprint density at radius 1 is 1.11 bits per heavy atom. The number of rotatable bonds is 4. The zero-order chi connectivity index (χ0) is 18.6. The summed E-state index contributed by atoms with van der Waals surface area (Å²) in [7, 11) is 0. The molecule has 27 heavy (non-hydrogen) atoms. The predicted octanol–water partition coefficient (Wildman–Crippen LogP) is 3.85. The molecule has 1 N–H and O–H groups in total. The van der Waals surface area contributed by atoms with Crippen LogP contribution in [0.25, 0.3) is 11.3 Å². The number of benzene rings is 1. The van der Waals surface area contributed by atoms with E-state index in [0.717, 1.165) is 44.1 Å². The molecule has 6 heteroatoms. The number of carbonyl (C=O) groups excluding carboxylic acids is 2. The van der Waals surface area contributed by atoms with Gasteiger partial charge in [0, 0.05) is 23.7 Å². The van der Waals surface area contributed by atoms with Crippen molar-refractivity contribution in [3.05, 3.63) is 36.9 Å². The molecule has 1 saturated carbocycles. The average molecular weight is 367 g/mol. The summed E-state index contributed by atoms with van der Waals surface area (Å²) in [5, 5.41) is 2.98. The third-order valence-corrected chi connectivity index (χ3v) is 5.64. The van der Waals surface area contributed by atoms with Crippen LogP contribution >= 0.6 is 0 Å². The van der Waals surface area contributed by atoms with Gasteiger partial charge >= 0.3 is 0 Å². The first-order chi connectivity index (χ1) is 13.2. The van der Waals surface area contributed by atoms with Gasteiger partial charge < -0.3 is 14.6 Å². The van der Waals surface area contributed by atoms with E-state index in [1.165, 1.54) is 12.8 Å². The van der Waals surface area contributed by atoms with Crippen molar-refractivity contribution in [2.24, 2.45) is 5.92 Å². The summed E-state index contributed by atoms with van der Waals surface area (Å²) >= 11 is 0. The summed E-state index contributed by atoms with van der Waals surface area (Å²) < 4.78 is 5.32. The third-order valence-electron chi connectivity index (χ3n) is 5.64. The topological polar surface area (TPSA) is 75.4 Å².